The molecule has 6 nitrogen and oxygen atoms in total. The Hall–Kier alpha value is -2.54. The van der Waals surface area contributed by atoms with Gasteiger partial charge < -0.3 is 10.6 Å². The summed E-state index contributed by atoms with van der Waals surface area (Å²) in [6.45, 7) is 3.99. The Morgan fingerprint density at radius 1 is 1.24 bits per heavy atom. The Morgan fingerprint density at radius 3 is 2.84 bits per heavy atom. The molecule has 0 unspecified atom stereocenters. The summed E-state index contributed by atoms with van der Waals surface area (Å²) in [5.74, 6) is 0.456. The topological polar surface area (TPSA) is 79.8 Å². The lowest BCUT2D eigenvalue weighted by Crippen LogP contribution is -2.34. The van der Waals surface area contributed by atoms with Gasteiger partial charge in [0.2, 0.25) is 0 Å². The van der Waals surface area contributed by atoms with Gasteiger partial charge in [-0.25, -0.2) is 4.79 Å². The molecule has 1 saturated carbocycles. The van der Waals surface area contributed by atoms with Crippen LogP contribution in [-0.4, -0.2) is 19.8 Å². The largest absolute Gasteiger partial charge is 0.329 e. The third-order valence-electron chi connectivity index (χ3n) is 4.51. The second-order valence-corrected chi connectivity index (χ2v) is 7.09. The van der Waals surface area contributed by atoms with Crippen LogP contribution < -0.4 is 10.6 Å². The molecular weight excluding hydrogens is 334 g/mol. The van der Waals surface area contributed by atoms with E-state index in [1.807, 2.05) is 38.1 Å². The van der Waals surface area contributed by atoms with Crippen LogP contribution in [-0.2, 0) is 0 Å². The lowest BCUT2D eigenvalue weighted by atomic mass is 10.1. The van der Waals surface area contributed by atoms with Gasteiger partial charge in [-0.05, 0) is 61.9 Å². The van der Waals surface area contributed by atoms with Crippen LogP contribution >= 0.6 is 11.7 Å². The molecule has 25 heavy (non-hydrogen) atoms. The van der Waals surface area contributed by atoms with Crippen LogP contribution in [0.2, 0.25) is 0 Å². The van der Waals surface area contributed by atoms with E-state index in [1.165, 1.54) is 0 Å². The zero-order valence-electron chi connectivity index (χ0n) is 14.1. The van der Waals surface area contributed by atoms with E-state index in [2.05, 4.69) is 24.4 Å². The smallest absolute Gasteiger partial charge is 0.319 e. The summed E-state index contributed by atoms with van der Waals surface area (Å²) >= 11 is 1.15. The summed E-state index contributed by atoms with van der Waals surface area (Å²) in [5, 5.41) is 6.06. The van der Waals surface area contributed by atoms with E-state index in [9.17, 15) is 4.79 Å². The number of carbonyl (C=O) groups is 1. The van der Waals surface area contributed by atoms with Crippen LogP contribution in [0.3, 0.4) is 0 Å². The van der Waals surface area contributed by atoms with Gasteiger partial charge in [-0.3, -0.25) is 4.98 Å². The predicted octanol–water partition coefficient (Wildman–Crippen LogP) is 3.98. The Balaban J connectivity index is 1.56. The predicted molar refractivity (Wildman–Crippen MR) is 98.7 cm³/mol. The van der Waals surface area contributed by atoms with Crippen LogP contribution in [0.1, 0.15) is 35.7 Å². The third kappa shape index (κ3) is 3.32. The molecule has 3 aromatic rings. The average molecular weight is 353 g/mol. The number of aryl methyl sites for hydroxylation is 2. The molecule has 0 aliphatic heterocycles. The monoisotopic (exact) mass is 353 g/mol. The molecule has 1 fully saturated rings. The van der Waals surface area contributed by atoms with Crippen LogP contribution in [0.15, 0.2) is 30.5 Å². The molecular formula is C18H19N5OS. The van der Waals surface area contributed by atoms with Crippen molar-refractivity contribution in [3.63, 3.8) is 0 Å². The fraction of sp³-hybridized carbons (Fsp3) is 0.333. The SMILES string of the molecule is Cc1ccnc([C@@H](NC(=O)Nc2c(C)ccc3nsnc23)C2CC2)c1. The number of nitrogens with zero attached hydrogens (tertiary/aromatic N) is 3. The van der Waals surface area contributed by atoms with Gasteiger partial charge in [0.25, 0.3) is 0 Å². The summed E-state index contributed by atoms with van der Waals surface area (Å²) in [4.78, 5) is 17.1. The van der Waals surface area contributed by atoms with Gasteiger partial charge >= 0.3 is 6.03 Å². The van der Waals surface area contributed by atoms with E-state index in [0.717, 1.165) is 58.1 Å². The minimum atomic E-state index is -0.233. The van der Waals surface area contributed by atoms with E-state index in [0.29, 0.717) is 5.92 Å². The molecule has 0 spiro atoms. The quantitative estimate of drug-likeness (QED) is 0.743. The molecule has 0 bridgehead atoms. The van der Waals surface area contributed by atoms with Crippen molar-refractivity contribution >= 4 is 34.5 Å². The number of anilines is 1. The van der Waals surface area contributed by atoms with Crippen molar-refractivity contribution in [3.05, 3.63) is 47.3 Å². The number of benzene rings is 1. The normalized spacial score (nSPS) is 15.1. The van der Waals surface area contributed by atoms with Crippen LogP contribution in [0.5, 0.6) is 0 Å². The van der Waals surface area contributed by atoms with Crippen molar-refractivity contribution < 1.29 is 4.79 Å². The molecule has 0 radical (unpaired) electrons. The molecule has 128 valence electrons. The lowest BCUT2D eigenvalue weighted by molar-refractivity contribution is 0.246. The number of hydrogen-bond acceptors (Lipinski definition) is 5. The van der Waals surface area contributed by atoms with E-state index in [4.69, 9.17) is 0 Å². The van der Waals surface area contributed by atoms with Gasteiger partial charge in [0.15, 0.2) is 0 Å². The van der Waals surface area contributed by atoms with Crippen molar-refractivity contribution in [3.8, 4) is 0 Å². The lowest BCUT2D eigenvalue weighted by Gasteiger charge is -2.19. The number of fused-ring (bicyclic) bond motifs is 1. The van der Waals surface area contributed by atoms with E-state index >= 15 is 0 Å². The first-order valence-electron chi connectivity index (χ1n) is 8.34. The van der Waals surface area contributed by atoms with E-state index in [1.54, 1.807) is 6.20 Å². The second-order valence-electron chi connectivity index (χ2n) is 6.56. The number of nitrogens with one attached hydrogen (secondary N) is 2. The number of urea groups is 1. The zero-order valence-corrected chi connectivity index (χ0v) is 14.9. The van der Waals surface area contributed by atoms with Gasteiger partial charge in [0, 0.05) is 6.20 Å². The summed E-state index contributed by atoms with van der Waals surface area (Å²) in [6, 6.07) is 7.57. The molecule has 2 amide bonds. The minimum Gasteiger partial charge on any atom is -0.329 e. The number of hydrogen-bond donors (Lipinski definition) is 2. The maximum absolute atomic E-state index is 12.6. The van der Waals surface area contributed by atoms with E-state index in [-0.39, 0.29) is 12.1 Å². The average Bonchev–Trinajstić information content (AvgIpc) is 3.32. The Labute approximate surface area is 150 Å². The van der Waals surface area contributed by atoms with E-state index < -0.39 is 0 Å². The summed E-state index contributed by atoms with van der Waals surface area (Å²) in [6.07, 6.45) is 4.03. The van der Waals surface area contributed by atoms with Gasteiger partial charge in [-0.2, -0.15) is 8.75 Å². The highest BCUT2D eigenvalue weighted by Gasteiger charge is 2.34. The van der Waals surface area contributed by atoms with Crippen LogP contribution in [0.25, 0.3) is 11.0 Å². The van der Waals surface area contributed by atoms with Crippen molar-refractivity contribution in [2.75, 3.05) is 5.32 Å². The zero-order chi connectivity index (χ0) is 17.4. The van der Waals surface area contributed by atoms with Gasteiger partial charge in [-0.1, -0.05) is 6.07 Å². The fourth-order valence-corrected chi connectivity index (χ4v) is 3.54. The molecule has 2 N–H and O–H groups in total. The first kappa shape index (κ1) is 16.0. The maximum Gasteiger partial charge on any atom is 0.319 e. The molecule has 1 atom stereocenters. The molecule has 0 saturated heterocycles. The molecule has 2 heterocycles. The number of rotatable bonds is 4. The Bertz CT molecular complexity index is 934. The summed E-state index contributed by atoms with van der Waals surface area (Å²) < 4.78 is 8.54. The van der Waals surface area contributed by atoms with Crippen LogP contribution in [0, 0.1) is 19.8 Å². The van der Waals surface area contributed by atoms with Gasteiger partial charge in [0.1, 0.15) is 11.0 Å². The molecule has 4 rings (SSSR count). The molecule has 1 aliphatic carbocycles. The van der Waals surface area contributed by atoms with Gasteiger partial charge in [0.05, 0.1) is 29.2 Å². The summed E-state index contributed by atoms with van der Waals surface area (Å²) in [5.41, 5.74) is 5.28. The highest BCUT2D eigenvalue weighted by atomic mass is 32.1. The van der Waals surface area contributed by atoms with Crippen molar-refractivity contribution in [1.82, 2.24) is 19.0 Å². The molecule has 1 aliphatic rings. The first-order chi connectivity index (χ1) is 12.1. The first-order valence-corrected chi connectivity index (χ1v) is 9.07. The second kappa shape index (κ2) is 6.40. The minimum absolute atomic E-state index is 0.0621. The standard InChI is InChI=1S/C18H19N5OS/c1-10-7-8-19-14(9-10)16(12-4-5-12)21-18(24)20-15-11(2)3-6-13-17(15)23-25-22-13/h3,6-9,12,16H,4-5H2,1-2H3,(H2,20,21,24)/t16-/m0/s1. The van der Waals surface area contributed by atoms with Gasteiger partial charge in [-0.15, -0.1) is 0 Å². The van der Waals surface area contributed by atoms with Crippen molar-refractivity contribution in [2.24, 2.45) is 5.92 Å². The fourth-order valence-electron chi connectivity index (χ4n) is 2.99. The highest BCUT2D eigenvalue weighted by Crippen LogP contribution is 2.40. The number of carbonyl (C=O) groups excluding carboxylic acids is 1. The third-order valence-corrected chi connectivity index (χ3v) is 5.05. The molecule has 1 aromatic carbocycles. The molecule has 2 aromatic heterocycles. The Morgan fingerprint density at radius 2 is 2.08 bits per heavy atom. The van der Waals surface area contributed by atoms with Crippen molar-refractivity contribution in [1.29, 1.82) is 0 Å². The molecule has 7 heteroatoms. The number of aromatic nitrogens is 3. The number of amides is 2. The Kier molecular flexibility index (Phi) is 4.09. The van der Waals surface area contributed by atoms with Crippen LogP contribution in [0.4, 0.5) is 10.5 Å². The van der Waals surface area contributed by atoms with Crippen molar-refractivity contribution in [2.45, 2.75) is 32.7 Å². The number of pyridine rings is 1. The summed E-state index contributed by atoms with van der Waals surface area (Å²) in [7, 11) is 0. The highest BCUT2D eigenvalue weighted by molar-refractivity contribution is 7.00. The maximum atomic E-state index is 12.6.